The van der Waals surface area contributed by atoms with Crippen LogP contribution in [0.25, 0.3) is 20.8 Å². The fraction of sp³-hybridized carbons (Fsp3) is 0.0714. The highest BCUT2D eigenvalue weighted by Gasteiger charge is 2.09. The molecule has 90 valence electrons. The van der Waals surface area contributed by atoms with E-state index >= 15 is 0 Å². The first-order valence-corrected chi connectivity index (χ1v) is 6.38. The van der Waals surface area contributed by atoms with E-state index in [0.29, 0.717) is 5.52 Å². The van der Waals surface area contributed by atoms with Crippen molar-refractivity contribution in [2.75, 3.05) is 5.73 Å². The lowest BCUT2D eigenvalue weighted by atomic mass is 10.1. The zero-order chi connectivity index (χ0) is 12.7. The molecule has 2 aromatic carbocycles. The monoisotopic (exact) mass is 258 g/mol. The Kier molecular flexibility index (Phi) is 2.52. The van der Waals surface area contributed by atoms with Crippen LogP contribution in [-0.2, 0) is 0 Å². The number of nitrogens with two attached hydrogens (primary N) is 1. The molecular formula is C14H11FN2S. The maximum absolute atomic E-state index is 13.6. The van der Waals surface area contributed by atoms with Crippen LogP contribution in [-0.4, -0.2) is 4.98 Å². The second kappa shape index (κ2) is 4.07. The zero-order valence-electron chi connectivity index (χ0n) is 9.77. The molecule has 1 aromatic heterocycles. The van der Waals surface area contributed by atoms with Crippen LogP contribution in [0.4, 0.5) is 10.1 Å². The lowest BCUT2D eigenvalue weighted by Crippen LogP contribution is -1.89. The fourth-order valence-electron chi connectivity index (χ4n) is 1.85. The average Bonchev–Trinajstić information content (AvgIpc) is 2.78. The standard InChI is InChI=1S/C14H11FN2S/c1-8-7-9(5-6-11(8)16)14-17-13-10(15)3-2-4-12(13)18-14/h2-7H,16H2,1H3. The van der Waals surface area contributed by atoms with Gasteiger partial charge in [0.2, 0.25) is 0 Å². The Bertz CT molecular complexity index is 734. The molecule has 0 aliphatic heterocycles. The summed E-state index contributed by atoms with van der Waals surface area (Å²) in [5.41, 5.74) is 8.96. The lowest BCUT2D eigenvalue weighted by Gasteiger charge is -2.01. The average molecular weight is 258 g/mol. The van der Waals surface area contributed by atoms with Crippen molar-refractivity contribution in [2.24, 2.45) is 0 Å². The van der Waals surface area contributed by atoms with Crippen LogP contribution in [0.15, 0.2) is 36.4 Å². The number of para-hydroxylation sites is 1. The Morgan fingerprint density at radius 3 is 2.78 bits per heavy atom. The molecule has 0 bridgehead atoms. The summed E-state index contributed by atoms with van der Waals surface area (Å²) in [4.78, 5) is 4.36. The second-order valence-corrected chi connectivity index (χ2v) is 5.21. The molecule has 4 heteroatoms. The number of anilines is 1. The van der Waals surface area contributed by atoms with Crippen molar-refractivity contribution in [3.8, 4) is 10.6 Å². The van der Waals surface area contributed by atoms with E-state index < -0.39 is 0 Å². The van der Waals surface area contributed by atoms with Crippen molar-refractivity contribution < 1.29 is 4.39 Å². The number of aromatic nitrogens is 1. The molecule has 0 aliphatic carbocycles. The summed E-state index contributed by atoms with van der Waals surface area (Å²) in [5.74, 6) is -0.276. The van der Waals surface area contributed by atoms with Gasteiger partial charge in [-0.1, -0.05) is 6.07 Å². The van der Waals surface area contributed by atoms with Crippen molar-refractivity contribution in [3.63, 3.8) is 0 Å². The normalized spacial score (nSPS) is 11.0. The van der Waals surface area contributed by atoms with Crippen molar-refractivity contribution >= 4 is 27.2 Å². The van der Waals surface area contributed by atoms with Crippen molar-refractivity contribution in [3.05, 3.63) is 47.8 Å². The first-order chi connectivity index (χ1) is 8.65. The summed E-state index contributed by atoms with van der Waals surface area (Å²) in [7, 11) is 0. The Hall–Kier alpha value is -1.94. The molecule has 2 N–H and O–H groups in total. The number of fused-ring (bicyclic) bond motifs is 1. The summed E-state index contributed by atoms with van der Waals surface area (Å²) in [6, 6.07) is 10.8. The van der Waals surface area contributed by atoms with E-state index in [1.165, 1.54) is 17.4 Å². The number of hydrogen-bond donors (Lipinski definition) is 1. The van der Waals surface area contributed by atoms with Crippen LogP contribution < -0.4 is 5.73 Å². The van der Waals surface area contributed by atoms with E-state index in [2.05, 4.69) is 4.98 Å². The van der Waals surface area contributed by atoms with Gasteiger partial charge >= 0.3 is 0 Å². The van der Waals surface area contributed by atoms with E-state index in [0.717, 1.165) is 26.5 Å². The van der Waals surface area contributed by atoms with Gasteiger partial charge < -0.3 is 5.73 Å². The molecular weight excluding hydrogens is 247 g/mol. The number of halogens is 1. The van der Waals surface area contributed by atoms with Gasteiger partial charge in [-0.2, -0.15) is 0 Å². The Balaban J connectivity index is 2.19. The summed E-state index contributed by atoms with van der Waals surface area (Å²) in [6.07, 6.45) is 0. The summed E-state index contributed by atoms with van der Waals surface area (Å²) < 4.78 is 14.4. The molecule has 0 radical (unpaired) electrons. The Labute approximate surface area is 108 Å². The fourth-order valence-corrected chi connectivity index (χ4v) is 2.82. The third-order valence-electron chi connectivity index (χ3n) is 2.89. The molecule has 0 unspecified atom stereocenters. The van der Waals surface area contributed by atoms with E-state index in [9.17, 15) is 4.39 Å². The number of rotatable bonds is 1. The molecule has 0 fully saturated rings. The van der Waals surface area contributed by atoms with Gasteiger partial charge in [0, 0.05) is 11.3 Å². The molecule has 0 atom stereocenters. The second-order valence-electron chi connectivity index (χ2n) is 4.18. The minimum atomic E-state index is -0.276. The number of hydrogen-bond acceptors (Lipinski definition) is 3. The molecule has 1 heterocycles. The maximum Gasteiger partial charge on any atom is 0.150 e. The van der Waals surface area contributed by atoms with Gasteiger partial charge in [-0.25, -0.2) is 9.37 Å². The SMILES string of the molecule is Cc1cc(-c2nc3c(F)cccc3s2)ccc1N. The lowest BCUT2D eigenvalue weighted by molar-refractivity contribution is 0.637. The number of thiazole rings is 1. The highest BCUT2D eigenvalue weighted by molar-refractivity contribution is 7.21. The number of nitrogens with zero attached hydrogens (tertiary/aromatic N) is 1. The molecule has 3 aromatic rings. The first-order valence-electron chi connectivity index (χ1n) is 5.57. The number of aryl methyl sites for hydroxylation is 1. The molecule has 0 saturated heterocycles. The van der Waals surface area contributed by atoms with E-state index in [1.807, 2.05) is 31.2 Å². The molecule has 0 amide bonds. The van der Waals surface area contributed by atoms with Gasteiger partial charge in [-0.3, -0.25) is 0 Å². The molecule has 0 aliphatic rings. The summed E-state index contributed by atoms with van der Waals surface area (Å²) in [5, 5.41) is 0.818. The minimum absolute atomic E-state index is 0.276. The Morgan fingerprint density at radius 2 is 2.06 bits per heavy atom. The van der Waals surface area contributed by atoms with Crippen LogP contribution >= 0.6 is 11.3 Å². The minimum Gasteiger partial charge on any atom is -0.399 e. The predicted molar refractivity (Wildman–Crippen MR) is 74.2 cm³/mol. The van der Waals surface area contributed by atoms with Gasteiger partial charge in [0.1, 0.15) is 16.3 Å². The van der Waals surface area contributed by atoms with Crippen molar-refractivity contribution in [1.82, 2.24) is 4.98 Å². The van der Waals surface area contributed by atoms with Crippen LogP contribution in [0.5, 0.6) is 0 Å². The van der Waals surface area contributed by atoms with E-state index in [4.69, 9.17) is 5.73 Å². The van der Waals surface area contributed by atoms with Crippen LogP contribution in [0.1, 0.15) is 5.56 Å². The van der Waals surface area contributed by atoms with E-state index in [1.54, 1.807) is 6.07 Å². The third kappa shape index (κ3) is 1.75. The topological polar surface area (TPSA) is 38.9 Å². The van der Waals surface area contributed by atoms with Crippen LogP contribution in [0.3, 0.4) is 0 Å². The molecule has 2 nitrogen and oxygen atoms in total. The quantitative estimate of drug-likeness (QED) is 0.670. The van der Waals surface area contributed by atoms with Gasteiger partial charge in [-0.05, 0) is 42.8 Å². The van der Waals surface area contributed by atoms with Gasteiger partial charge in [0.15, 0.2) is 0 Å². The predicted octanol–water partition coefficient (Wildman–Crippen LogP) is 3.99. The number of nitrogen functional groups attached to an aromatic ring is 1. The molecule has 0 spiro atoms. The van der Waals surface area contributed by atoms with Crippen LogP contribution in [0.2, 0.25) is 0 Å². The summed E-state index contributed by atoms with van der Waals surface area (Å²) >= 11 is 1.49. The van der Waals surface area contributed by atoms with Crippen molar-refractivity contribution in [2.45, 2.75) is 6.92 Å². The van der Waals surface area contributed by atoms with E-state index in [-0.39, 0.29) is 5.82 Å². The Morgan fingerprint density at radius 1 is 1.22 bits per heavy atom. The highest BCUT2D eigenvalue weighted by atomic mass is 32.1. The molecule has 3 rings (SSSR count). The van der Waals surface area contributed by atoms with Gasteiger partial charge in [0.05, 0.1) is 4.70 Å². The first kappa shape index (κ1) is 11.2. The van der Waals surface area contributed by atoms with Crippen molar-refractivity contribution in [1.29, 1.82) is 0 Å². The van der Waals surface area contributed by atoms with Gasteiger partial charge in [-0.15, -0.1) is 11.3 Å². The largest absolute Gasteiger partial charge is 0.399 e. The number of benzene rings is 2. The maximum atomic E-state index is 13.6. The third-order valence-corrected chi connectivity index (χ3v) is 3.96. The summed E-state index contributed by atoms with van der Waals surface area (Å²) in [6.45, 7) is 1.95. The zero-order valence-corrected chi connectivity index (χ0v) is 10.6. The van der Waals surface area contributed by atoms with Crippen LogP contribution in [0, 0.1) is 12.7 Å². The molecule has 0 saturated carbocycles. The molecule has 18 heavy (non-hydrogen) atoms. The highest BCUT2D eigenvalue weighted by Crippen LogP contribution is 2.32. The smallest absolute Gasteiger partial charge is 0.150 e. The van der Waals surface area contributed by atoms with Gasteiger partial charge in [0.25, 0.3) is 0 Å².